The van der Waals surface area contributed by atoms with Crippen LogP contribution in [0.2, 0.25) is 0 Å². The van der Waals surface area contributed by atoms with Gasteiger partial charge in [0.1, 0.15) is 23.2 Å². The Morgan fingerprint density at radius 2 is 1.91 bits per heavy atom. The number of ketones is 2. The number of furan rings is 1. The van der Waals surface area contributed by atoms with Gasteiger partial charge in [0, 0.05) is 23.1 Å². The number of benzene rings is 1. The van der Waals surface area contributed by atoms with Crippen LogP contribution in [0.15, 0.2) is 40.5 Å². The quantitative estimate of drug-likeness (QED) is 0.388. The Kier molecular flexibility index (Phi) is 5.17. The maximum Gasteiger partial charge on any atom is 0.230 e. The molecule has 2 saturated carbocycles. The number of nitrogens with zero attached hydrogens (tertiary/aromatic N) is 1. The number of hydrogen-bond donors (Lipinski definition) is 5. The van der Waals surface area contributed by atoms with Crippen molar-refractivity contribution in [2.24, 2.45) is 23.5 Å². The normalized spacial score (nSPS) is 32.3. The van der Waals surface area contributed by atoms with Gasteiger partial charge in [-0.3, -0.25) is 14.4 Å². The van der Waals surface area contributed by atoms with Gasteiger partial charge in [-0.2, -0.15) is 0 Å². The van der Waals surface area contributed by atoms with Crippen molar-refractivity contribution in [1.82, 2.24) is 4.90 Å². The molecule has 1 heterocycles. The van der Waals surface area contributed by atoms with Crippen LogP contribution in [0.3, 0.4) is 0 Å². The molecule has 0 saturated heterocycles. The smallest absolute Gasteiger partial charge is 0.230 e. The van der Waals surface area contributed by atoms with Crippen LogP contribution in [-0.4, -0.2) is 74.6 Å². The lowest BCUT2D eigenvalue weighted by Gasteiger charge is -2.53. The molecule has 0 aliphatic heterocycles. The maximum absolute atomic E-state index is 13.8. The number of carbonyl (C=O) groups excluding carboxylic acids is 3. The topological polar surface area (TPSA) is 175 Å². The predicted molar refractivity (Wildman–Crippen MR) is 122 cm³/mol. The average molecular weight is 482 g/mol. The first-order chi connectivity index (χ1) is 16.5. The van der Waals surface area contributed by atoms with Gasteiger partial charge < -0.3 is 35.5 Å². The molecule has 1 aromatic carbocycles. The zero-order chi connectivity index (χ0) is 25.4. The van der Waals surface area contributed by atoms with Gasteiger partial charge in [-0.1, -0.05) is 0 Å². The van der Waals surface area contributed by atoms with Gasteiger partial charge in [-0.05, 0) is 62.7 Å². The second-order valence-corrected chi connectivity index (χ2v) is 9.75. The summed E-state index contributed by atoms with van der Waals surface area (Å²) in [6.45, 7) is 0. The van der Waals surface area contributed by atoms with Crippen molar-refractivity contribution >= 4 is 23.2 Å². The molecule has 0 radical (unpaired) electrons. The van der Waals surface area contributed by atoms with Crippen molar-refractivity contribution in [3.8, 4) is 17.1 Å². The minimum Gasteiger partial charge on any atom is -0.507 e. The summed E-state index contributed by atoms with van der Waals surface area (Å²) in [6, 6.07) is 5.52. The molecule has 2 unspecified atom stereocenters. The van der Waals surface area contributed by atoms with E-state index in [0.717, 1.165) is 0 Å². The van der Waals surface area contributed by atoms with E-state index in [0.29, 0.717) is 16.9 Å². The lowest BCUT2D eigenvalue weighted by molar-refractivity contribution is -0.184. The standard InChI is InChI=1S/C25H26N2O8/c1-27(2)19-13-9-10-8-12-11(15-4-3-7-35-15)5-6-14(28)17(12)20(29)16(10)22(31)25(13,34)23(32)18(21(19)30)24(26)33/h3-7,10,13,18-19,21,28-30,34H,8-9H2,1-2H3,(H2,26,33)/t10-,13-,18?,19-,21?,25-/m1/s1. The molecule has 3 aliphatic carbocycles. The zero-order valence-corrected chi connectivity index (χ0v) is 19.1. The van der Waals surface area contributed by atoms with Gasteiger partial charge in [0.05, 0.1) is 17.9 Å². The molecule has 6 N–H and O–H groups in total. The highest BCUT2D eigenvalue weighted by Crippen LogP contribution is 2.53. The van der Waals surface area contributed by atoms with Gasteiger partial charge in [0.15, 0.2) is 11.4 Å². The van der Waals surface area contributed by atoms with Gasteiger partial charge in [0.2, 0.25) is 11.7 Å². The molecule has 10 nitrogen and oxygen atoms in total. The molecule has 2 aromatic rings. The van der Waals surface area contributed by atoms with E-state index < -0.39 is 58.7 Å². The Labute approximate surface area is 200 Å². The molecule has 1 amide bonds. The van der Waals surface area contributed by atoms with Crippen molar-refractivity contribution < 1.29 is 39.2 Å². The first-order valence-electron chi connectivity index (χ1n) is 11.3. The molecule has 0 bridgehead atoms. The first-order valence-corrected chi connectivity index (χ1v) is 11.3. The fourth-order valence-electron chi connectivity index (χ4n) is 6.27. The fourth-order valence-corrected chi connectivity index (χ4v) is 6.27. The number of aromatic hydroxyl groups is 1. The van der Waals surface area contributed by atoms with Crippen molar-refractivity contribution in [2.45, 2.75) is 30.6 Å². The number of fused-ring (bicyclic) bond motifs is 3. The van der Waals surface area contributed by atoms with Gasteiger partial charge in [-0.25, -0.2) is 0 Å². The van der Waals surface area contributed by atoms with Crippen molar-refractivity contribution in [3.05, 3.63) is 47.2 Å². The van der Waals surface area contributed by atoms with Crippen LogP contribution < -0.4 is 5.73 Å². The van der Waals surface area contributed by atoms with E-state index in [1.165, 1.54) is 12.3 Å². The summed E-state index contributed by atoms with van der Waals surface area (Å²) < 4.78 is 5.52. The number of nitrogens with two attached hydrogens (primary N) is 1. The van der Waals surface area contributed by atoms with Crippen LogP contribution in [0.5, 0.6) is 5.75 Å². The molecule has 10 heteroatoms. The number of aliphatic hydroxyl groups is 3. The van der Waals surface area contributed by atoms with Crippen molar-refractivity contribution in [2.75, 3.05) is 14.1 Å². The molecular weight excluding hydrogens is 456 g/mol. The van der Waals surface area contributed by atoms with Crippen LogP contribution in [0, 0.1) is 17.8 Å². The number of carbonyl (C=O) groups is 3. The Hall–Kier alpha value is -3.47. The SMILES string of the molecule is CN(C)[C@H]1C(O)C(C(N)=O)C(=O)[C@]2(O)C(=O)C3=C(O)c4c(O)ccc(-c5ccco5)c4C[C@@H]3C[C@H]12. The number of rotatable bonds is 3. The monoisotopic (exact) mass is 482 g/mol. The molecule has 184 valence electrons. The van der Waals surface area contributed by atoms with Crippen LogP contribution in [0.1, 0.15) is 17.5 Å². The van der Waals surface area contributed by atoms with Gasteiger partial charge in [-0.15, -0.1) is 0 Å². The van der Waals surface area contributed by atoms with Crippen LogP contribution in [-0.2, 0) is 20.8 Å². The number of amides is 1. The van der Waals surface area contributed by atoms with Crippen LogP contribution in [0.25, 0.3) is 17.1 Å². The minimum atomic E-state index is -2.67. The predicted octanol–water partition coefficient (Wildman–Crippen LogP) is 0.389. The van der Waals surface area contributed by atoms with Gasteiger partial charge in [0.25, 0.3) is 0 Å². The van der Waals surface area contributed by atoms with E-state index in [1.807, 2.05) is 0 Å². The van der Waals surface area contributed by atoms with E-state index in [2.05, 4.69) is 0 Å². The van der Waals surface area contributed by atoms with E-state index in [1.54, 1.807) is 37.2 Å². The molecule has 2 fully saturated rings. The largest absolute Gasteiger partial charge is 0.507 e. The van der Waals surface area contributed by atoms with E-state index in [9.17, 15) is 34.8 Å². The summed E-state index contributed by atoms with van der Waals surface area (Å²) >= 11 is 0. The Morgan fingerprint density at radius 3 is 2.51 bits per heavy atom. The minimum absolute atomic E-state index is 0.0273. The number of phenolic OH excluding ortho intramolecular Hbond substituents is 1. The fraction of sp³-hybridized carbons (Fsp3) is 0.400. The Bertz CT molecular complexity index is 1280. The molecule has 1 aromatic heterocycles. The van der Waals surface area contributed by atoms with Crippen LogP contribution in [0.4, 0.5) is 0 Å². The van der Waals surface area contributed by atoms with Gasteiger partial charge >= 0.3 is 0 Å². The summed E-state index contributed by atoms with van der Waals surface area (Å²) in [5.74, 6) is -7.13. The van der Waals surface area contributed by atoms with E-state index in [4.69, 9.17) is 10.2 Å². The van der Waals surface area contributed by atoms with Crippen molar-refractivity contribution in [1.29, 1.82) is 0 Å². The number of Topliss-reactive ketones (excluding diaryl/α,β-unsaturated/α-hetero) is 2. The highest BCUT2D eigenvalue weighted by Gasteiger charge is 2.67. The Balaban J connectivity index is 1.71. The second-order valence-electron chi connectivity index (χ2n) is 9.75. The second kappa shape index (κ2) is 7.77. The molecule has 3 aliphatic rings. The average Bonchev–Trinajstić information content (AvgIpc) is 3.30. The van der Waals surface area contributed by atoms with Crippen LogP contribution >= 0.6 is 0 Å². The Morgan fingerprint density at radius 1 is 1.20 bits per heavy atom. The number of hydrogen-bond acceptors (Lipinski definition) is 9. The number of phenols is 1. The third-order valence-electron chi connectivity index (χ3n) is 7.76. The highest BCUT2D eigenvalue weighted by molar-refractivity contribution is 6.25. The summed E-state index contributed by atoms with van der Waals surface area (Å²) in [4.78, 5) is 40.7. The highest BCUT2D eigenvalue weighted by atomic mass is 16.3. The number of aliphatic hydroxyl groups excluding tert-OH is 2. The summed E-state index contributed by atoms with van der Waals surface area (Å²) in [7, 11) is 3.22. The maximum atomic E-state index is 13.8. The number of primary amides is 1. The molecule has 0 spiro atoms. The third-order valence-corrected chi connectivity index (χ3v) is 7.76. The zero-order valence-electron chi connectivity index (χ0n) is 19.1. The summed E-state index contributed by atoms with van der Waals surface area (Å²) in [5, 5.41) is 44.3. The molecule has 6 atom stereocenters. The lowest BCUT2D eigenvalue weighted by atomic mass is 9.54. The van der Waals surface area contributed by atoms with E-state index in [-0.39, 0.29) is 29.7 Å². The molecule has 35 heavy (non-hydrogen) atoms. The van der Waals surface area contributed by atoms with Crippen molar-refractivity contribution in [3.63, 3.8) is 0 Å². The summed E-state index contributed by atoms with van der Waals surface area (Å²) in [5.41, 5.74) is 3.73. The lowest BCUT2D eigenvalue weighted by Crippen LogP contribution is -2.73. The third kappa shape index (κ3) is 3.03. The van der Waals surface area contributed by atoms with E-state index >= 15 is 0 Å². The molecular formula is C25H26N2O8. The first kappa shape index (κ1) is 23.3. The molecule has 5 rings (SSSR count). The number of likely N-dealkylation sites (N-methyl/N-ethyl adjacent to an activating group) is 1. The summed E-state index contributed by atoms with van der Waals surface area (Å²) in [6.07, 6.45) is 0.243.